The Kier molecular flexibility index (Phi) is 6.87. The van der Waals surface area contributed by atoms with Crippen molar-refractivity contribution in [1.82, 2.24) is 0 Å². The Hall–Kier alpha value is -0.540. The standard InChI is InChI=1S/C16H27BrN2/c1-5-6-7-10-19(12(2)3)16-11-14(17)8-9-15(16)13(4)18/h8-9,11-13H,5-7,10,18H2,1-4H3. The predicted octanol–water partition coefficient (Wildman–Crippen LogP) is 4.87. The van der Waals surface area contributed by atoms with Crippen molar-refractivity contribution < 1.29 is 0 Å². The van der Waals surface area contributed by atoms with E-state index in [1.54, 1.807) is 0 Å². The lowest BCUT2D eigenvalue weighted by atomic mass is 10.0. The molecule has 0 amide bonds. The molecule has 2 N–H and O–H groups in total. The molecule has 0 saturated heterocycles. The highest BCUT2D eigenvalue weighted by Crippen LogP contribution is 2.30. The van der Waals surface area contributed by atoms with Gasteiger partial charge in [-0.1, -0.05) is 41.8 Å². The van der Waals surface area contributed by atoms with Gasteiger partial charge in [0.1, 0.15) is 0 Å². The highest BCUT2D eigenvalue weighted by molar-refractivity contribution is 9.10. The maximum absolute atomic E-state index is 6.12. The van der Waals surface area contributed by atoms with Crippen LogP contribution in [0.25, 0.3) is 0 Å². The van der Waals surface area contributed by atoms with Crippen LogP contribution in [0.15, 0.2) is 22.7 Å². The fourth-order valence-electron chi connectivity index (χ4n) is 2.34. The zero-order valence-corrected chi connectivity index (χ0v) is 14.2. The Bertz CT molecular complexity index is 388. The Labute approximate surface area is 126 Å². The third-order valence-electron chi connectivity index (χ3n) is 3.42. The molecule has 0 aromatic heterocycles. The molecule has 0 fully saturated rings. The summed E-state index contributed by atoms with van der Waals surface area (Å²) in [5.41, 5.74) is 8.62. The molecule has 0 aliphatic carbocycles. The Morgan fingerprint density at radius 2 is 1.89 bits per heavy atom. The molecule has 1 rings (SSSR count). The maximum Gasteiger partial charge on any atom is 0.0428 e. The van der Waals surface area contributed by atoms with Crippen LogP contribution in [-0.4, -0.2) is 12.6 Å². The molecule has 0 spiro atoms. The fourth-order valence-corrected chi connectivity index (χ4v) is 2.69. The van der Waals surface area contributed by atoms with Crippen LogP contribution in [-0.2, 0) is 0 Å². The van der Waals surface area contributed by atoms with Crippen molar-refractivity contribution in [2.75, 3.05) is 11.4 Å². The summed E-state index contributed by atoms with van der Waals surface area (Å²) in [5.74, 6) is 0. The number of nitrogens with two attached hydrogens (primary N) is 1. The molecule has 108 valence electrons. The van der Waals surface area contributed by atoms with Crippen LogP contribution in [0.5, 0.6) is 0 Å². The van der Waals surface area contributed by atoms with Gasteiger partial charge in [-0.3, -0.25) is 0 Å². The monoisotopic (exact) mass is 326 g/mol. The third kappa shape index (κ3) is 4.81. The van der Waals surface area contributed by atoms with Crippen LogP contribution in [0, 0.1) is 0 Å². The van der Waals surface area contributed by atoms with Gasteiger partial charge in [-0.15, -0.1) is 0 Å². The first-order valence-electron chi connectivity index (χ1n) is 7.29. The van der Waals surface area contributed by atoms with Gasteiger partial charge in [-0.2, -0.15) is 0 Å². The van der Waals surface area contributed by atoms with Crippen LogP contribution in [0.2, 0.25) is 0 Å². The van der Waals surface area contributed by atoms with Gasteiger partial charge < -0.3 is 10.6 Å². The molecule has 0 saturated carbocycles. The van der Waals surface area contributed by atoms with Crippen molar-refractivity contribution in [2.24, 2.45) is 5.73 Å². The Balaban J connectivity index is 3.03. The normalized spacial score (nSPS) is 12.8. The number of benzene rings is 1. The van der Waals surface area contributed by atoms with Crippen LogP contribution in [0.3, 0.4) is 0 Å². The van der Waals surface area contributed by atoms with Crippen LogP contribution < -0.4 is 10.6 Å². The maximum atomic E-state index is 6.12. The lowest BCUT2D eigenvalue weighted by molar-refractivity contribution is 0.621. The number of hydrogen-bond donors (Lipinski definition) is 1. The van der Waals surface area contributed by atoms with Crippen molar-refractivity contribution in [1.29, 1.82) is 0 Å². The number of unbranched alkanes of at least 4 members (excludes halogenated alkanes) is 2. The highest BCUT2D eigenvalue weighted by Gasteiger charge is 2.16. The first kappa shape index (κ1) is 16.5. The van der Waals surface area contributed by atoms with Gasteiger partial charge in [-0.05, 0) is 44.9 Å². The van der Waals surface area contributed by atoms with E-state index >= 15 is 0 Å². The van der Waals surface area contributed by atoms with E-state index < -0.39 is 0 Å². The second kappa shape index (κ2) is 7.91. The molecule has 0 radical (unpaired) electrons. The van der Waals surface area contributed by atoms with Gasteiger partial charge in [-0.25, -0.2) is 0 Å². The number of rotatable bonds is 7. The van der Waals surface area contributed by atoms with E-state index in [4.69, 9.17) is 5.73 Å². The molecule has 0 aliphatic rings. The van der Waals surface area contributed by atoms with E-state index in [9.17, 15) is 0 Å². The number of anilines is 1. The van der Waals surface area contributed by atoms with Crippen molar-refractivity contribution in [3.63, 3.8) is 0 Å². The minimum atomic E-state index is 0.0653. The summed E-state index contributed by atoms with van der Waals surface area (Å²) in [5, 5.41) is 0. The predicted molar refractivity (Wildman–Crippen MR) is 88.8 cm³/mol. The van der Waals surface area contributed by atoms with Crippen LogP contribution in [0.4, 0.5) is 5.69 Å². The van der Waals surface area contributed by atoms with Crippen LogP contribution >= 0.6 is 15.9 Å². The molecule has 0 bridgehead atoms. The SMILES string of the molecule is CCCCCN(c1cc(Br)ccc1C(C)N)C(C)C. The summed E-state index contributed by atoms with van der Waals surface area (Å²) in [4.78, 5) is 2.47. The molecule has 1 unspecified atom stereocenters. The van der Waals surface area contributed by atoms with E-state index in [1.807, 2.05) is 0 Å². The first-order chi connectivity index (χ1) is 8.97. The van der Waals surface area contributed by atoms with E-state index in [-0.39, 0.29) is 6.04 Å². The summed E-state index contributed by atoms with van der Waals surface area (Å²) in [6, 6.07) is 6.97. The summed E-state index contributed by atoms with van der Waals surface area (Å²) in [6.45, 7) is 9.89. The zero-order valence-electron chi connectivity index (χ0n) is 12.6. The number of nitrogens with zero attached hydrogens (tertiary/aromatic N) is 1. The van der Waals surface area contributed by atoms with Gasteiger partial charge >= 0.3 is 0 Å². The molecule has 0 aliphatic heterocycles. The molecule has 19 heavy (non-hydrogen) atoms. The molecule has 3 heteroatoms. The number of halogens is 1. The van der Waals surface area contributed by atoms with E-state index in [0.29, 0.717) is 6.04 Å². The highest BCUT2D eigenvalue weighted by atomic mass is 79.9. The van der Waals surface area contributed by atoms with Crippen molar-refractivity contribution in [3.8, 4) is 0 Å². The molecule has 1 aromatic carbocycles. The van der Waals surface area contributed by atoms with Crippen LogP contribution in [0.1, 0.15) is 58.6 Å². The van der Waals surface area contributed by atoms with Gasteiger partial charge in [0.2, 0.25) is 0 Å². The second-order valence-corrected chi connectivity index (χ2v) is 6.40. The number of hydrogen-bond acceptors (Lipinski definition) is 2. The molecule has 1 atom stereocenters. The average Bonchev–Trinajstić information content (AvgIpc) is 2.33. The Morgan fingerprint density at radius 1 is 1.21 bits per heavy atom. The lowest BCUT2D eigenvalue weighted by Gasteiger charge is -2.32. The summed E-state index contributed by atoms with van der Waals surface area (Å²) in [6.07, 6.45) is 3.77. The third-order valence-corrected chi connectivity index (χ3v) is 3.91. The van der Waals surface area contributed by atoms with Gasteiger partial charge in [0, 0.05) is 28.8 Å². The van der Waals surface area contributed by atoms with E-state index in [1.165, 1.54) is 30.5 Å². The van der Waals surface area contributed by atoms with Gasteiger partial charge in [0.05, 0.1) is 0 Å². The zero-order chi connectivity index (χ0) is 14.4. The fraction of sp³-hybridized carbons (Fsp3) is 0.625. The smallest absolute Gasteiger partial charge is 0.0428 e. The molecule has 2 nitrogen and oxygen atoms in total. The van der Waals surface area contributed by atoms with Gasteiger partial charge in [0.15, 0.2) is 0 Å². The summed E-state index contributed by atoms with van der Waals surface area (Å²) >= 11 is 3.58. The molecular weight excluding hydrogens is 300 g/mol. The van der Waals surface area contributed by atoms with Crippen molar-refractivity contribution in [3.05, 3.63) is 28.2 Å². The topological polar surface area (TPSA) is 29.3 Å². The Morgan fingerprint density at radius 3 is 2.42 bits per heavy atom. The molecule has 1 aromatic rings. The largest absolute Gasteiger partial charge is 0.369 e. The second-order valence-electron chi connectivity index (χ2n) is 5.49. The van der Waals surface area contributed by atoms with Crippen molar-refractivity contribution >= 4 is 21.6 Å². The summed E-state index contributed by atoms with van der Waals surface area (Å²) < 4.78 is 1.12. The van der Waals surface area contributed by atoms with E-state index in [0.717, 1.165) is 11.0 Å². The average molecular weight is 327 g/mol. The summed E-state index contributed by atoms with van der Waals surface area (Å²) in [7, 11) is 0. The minimum Gasteiger partial charge on any atom is -0.369 e. The lowest BCUT2D eigenvalue weighted by Crippen LogP contribution is -2.33. The molecule has 0 heterocycles. The minimum absolute atomic E-state index is 0.0653. The van der Waals surface area contributed by atoms with Crippen molar-refractivity contribution in [2.45, 2.75) is 59.0 Å². The quantitative estimate of drug-likeness (QED) is 0.724. The molecular formula is C16H27BrN2. The van der Waals surface area contributed by atoms with Gasteiger partial charge in [0.25, 0.3) is 0 Å². The first-order valence-corrected chi connectivity index (χ1v) is 8.08. The van der Waals surface area contributed by atoms with E-state index in [2.05, 4.69) is 66.7 Å².